The number of ether oxygens (including phenoxy) is 1. The summed E-state index contributed by atoms with van der Waals surface area (Å²) in [5.41, 5.74) is -2.94. The largest absolute Gasteiger partial charge is 0.464 e. The highest BCUT2D eigenvalue weighted by Gasteiger charge is 2.39. The van der Waals surface area contributed by atoms with Gasteiger partial charge in [0.1, 0.15) is 26.5 Å². The van der Waals surface area contributed by atoms with Gasteiger partial charge >= 0.3 is 11.7 Å². The van der Waals surface area contributed by atoms with Gasteiger partial charge in [-0.05, 0) is 54.4 Å². The number of carbonyl (C=O) groups excluding carboxylic acids is 1. The summed E-state index contributed by atoms with van der Waals surface area (Å²) in [4.78, 5) is 49.8. The molecule has 1 aromatic heterocycles. The van der Waals surface area contributed by atoms with Gasteiger partial charge in [-0.2, -0.15) is 10.2 Å². The number of aromatic nitrogens is 2. The molecule has 13 nitrogen and oxygen atoms in total. The van der Waals surface area contributed by atoms with Crippen molar-refractivity contribution in [2.45, 2.75) is 5.03 Å². The number of nitro groups is 2. The van der Waals surface area contributed by atoms with E-state index in [-0.39, 0.29) is 26.5 Å². The van der Waals surface area contributed by atoms with Crippen molar-refractivity contribution in [2.24, 2.45) is 5.10 Å². The van der Waals surface area contributed by atoms with Gasteiger partial charge in [0.05, 0.1) is 28.3 Å². The number of methoxy groups -OCH3 is 1. The Bertz CT molecular complexity index is 1990. The van der Waals surface area contributed by atoms with Crippen LogP contribution in [0.25, 0.3) is 11.4 Å². The highest BCUT2D eigenvalue weighted by atomic mass is 35.5. The molecule has 0 saturated carbocycles. The summed E-state index contributed by atoms with van der Waals surface area (Å²) in [6.07, 6.45) is 1.51. The van der Waals surface area contributed by atoms with E-state index in [9.17, 15) is 34.2 Å². The normalized spacial score (nSPS) is 13.8. The number of benzene rings is 3. The zero-order valence-electron chi connectivity index (χ0n) is 23.0. The lowest BCUT2D eigenvalue weighted by Crippen LogP contribution is -2.29. The lowest BCUT2D eigenvalue weighted by Gasteiger charge is -2.18. The van der Waals surface area contributed by atoms with Gasteiger partial charge in [-0.3, -0.25) is 25.0 Å². The zero-order valence-corrected chi connectivity index (χ0v) is 25.4. The third-order valence-corrected chi connectivity index (χ3v) is 8.44. The number of anilines is 1. The Labute approximate surface area is 266 Å². The molecule has 0 amide bonds. The van der Waals surface area contributed by atoms with Gasteiger partial charge in [0.25, 0.3) is 5.69 Å². The van der Waals surface area contributed by atoms with Crippen molar-refractivity contribution >= 4 is 63.2 Å². The van der Waals surface area contributed by atoms with Crippen LogP contribution in [0.1, 0.15) is 21.6 Å². The fourth-order valence-corrected chi connectivity index (χ4v) is 6.22. The van der Waals surface area contributed by atoms with Gasteiger partial charge in [-0.1, -0.05) is 41.9 Å². The Hall–Kier alpha value is -5.06. The third-order valence-electron chi connectivity index (χ3n) is 6.28. The molecular weight excluding hydrogens is 651 g/mol. The van der Waals surface area contributed by atoms with Crippen LogP contribution in [0.15, 0.2) is 92.7 Å². The summed E-state index contributed by atoms with van der Waals surface area (Å²) in [5.74, 6) is -1.76. The van der Waals surface area contributed by atoms with Crippen LogP contribution in [0, 0.1) is 26.0 Å². The van der Waals surface area contributed by atoms with E-state index < -0.39 is 49.7 Å². The Morgan fingerprint density at radius 3 is 2.31 bits per heavy atom. The van der Waals surface area contributed by atoms with Gasteiger partial charge in [-0.25, -0.2) is 18.9 Å². The summed E-state index contributed by atoms with van der Waals surface area (Å²) in [6, 6.07) is 17.4. The van der Waals surface area contributed by atoms with Crippen LogP contribution in [0.4, 0.5) is 15.8 Å². The minimum absolute atomic E-state index is 0.0229. The smallest absolute Gasteiger partial charge is 0.362 e. The average Bonchev–Trinajstić information content (AvgIpc) is 3.47. The maximum Gasteiger partial charge on any atom is 0.362 e. The summed E-state index contributed by atoms with van der Waals surface area (Å²) in [5, 5.41) is 34.3. The minimum atomic E-state index is -1.20. The standard InChI is InChI=1S/C28H18ClFN6O7S2/c1-43-28(38)22-24(37)21(26(44-2)34(31-22)18-12-13-19(29)20(14-18)35(39)40)23(36(41)42)27-33(17-10-8-16(30)9-11-17)32-25(45-27)15-6-4-3-5-7-15/h3-14H,1-2H3/b27-23-. The average molecular weight is 669 g/mol. The SMILES string of the molecule is COC(=O)c1nn(-c2ccc(Cl)c([N+](=O)[O-])c2)c(SC)c(/C(=C2/SC(c3ccccc3)=NN2c2ccc(F)cc2)[N+](=O)[O-])c1=O. The maximum atomic E-state index is 13.9. The molecule has 1 aliphatic rings. The molecule has 0 unspecified atom stereocenters. The highest BCUT2D eigenvalue weighted by Crippen LogP contribution is 2.42. The lowest BCUT2D eigenvalue weighted by molar-refractivity contribution is -0.384. The first-order valence-corrected chi connectivity index (χ1v) is 15.0. The molecule has 0 bridgehead atoms. The van der Waals surface area contributed by atoms with E-state index in [2.05, 4.69) is 10.2 Å². The molecule has 0 radical (unpaired) electrons. The molecule has 2 heterocycles. The topological polar surface area (TPSA) is 163 Å². The number of hydrazone groups is 1. The van der Waals surface area contributed by atoms with Crippen molar-refractivity contribution in [2.75, 3.05) is 18.4 Å². The number of carbonyl (C=O) groups is 1. The molecule has 0 spiro atoms. The van der Waals surface area contributed by atoms with Crippen molar-refractivity contribution < 1.29 is 23.8 Å². The fourth-order valence-electron chi connectivity index (χ4n) is 4.26. The van der Waals surface area contributed by atoms with Crippen molar-refractivity contribution in [3.63, 3.8) is 0 Å². The first kappa shape index (κ1) is 31.4. The van der Waals surface area contributed by atoms with Crippen LogP contribution in [-0.2, 0) is 4.74 Å². The molecule has 45 heavy (non-hydrogen) atoms. The van der Waals surface area contributed by atoms with Gasteiger partial charge in [0.2, 0.25) is 11.1 Å². The first-order chi connectivity index (χ1) is 21.5. The molecule has 17 heteroatoms. The third kappa shape index (κ3) is 6.02. The van der Waals surface area contributed by atoms with Gasteiger partial charge in [0, 0.05) is 11.6 Å². The van der Waals surface area contributed by atoms with E-state index in [0.29, 0.717) is 10.6 Å². The Kier molecular flexibility index (Phi) is 8.99. The van der Waals surface area contributed by atoms with Crippen LogP contribution < -0.4 is 10.4 Å². The van der Waals surface area contributed by atoms with Crippen molar-refractivity contribution in [1.29, 1.82) is 0 Å². The van der Waals surface area contributed by atoms with E-state index in [1.54, 1.807) is 30.3 Å². The predicted octanol–water partition coefficient (Wildman–Crippen LogP) is 5.96. The maximum absolute atomic E-state index is 13.9. The molecule has 0 fully saturated rings. The summed E-state index contributed by atoms with van der Waals surface area (Å²) in [7, 11) is 0.999. The summed E-state index contributed by atoms with van der Waals surface area (Å²) < 4.78 is 19.6. The number of esters is 1. The number of hydrogen-bond acceptors (Lipinski definition) is 12. The second-order valence-corrected chi connectivity index (χ2v) is 11.1. The number of nitrogens with zero attached hydrogens (tertiary/aromatic N) is 6. The highest BCUT2D eigenvalue weighted by molar-refractivity contribution is 8.18. The van der Waals surface area contributed by atoms with Crippen molar-refractivity contribution in [3.8, 4) is 5.69 Å². The van der Waals surface area contributed by atoms with Crippen LogP contribution in [0.2, 0.25) is 5.02 Å². The summed E-state index contributed by atoms with van der Waals surface area (Å²) >= 11 is 7.75. The van der Waals surface area contributed by atoms with Crippen LogP contribution in [0.5, 0.6) is 0 Å². The first-order valence-electron chi connectivity index (χ1n) is 12.6. The number of thioether (sulfide) groups is 2. The number of halogens is 2. The van der Waals surface area contributed by atoms with E-state index >= 15 is 0 Å². The molecule has 0 aliphatic carbocycles. The second kappa shape index (κ2) is 12.9. The van der Waals surface area contributed by atoms with Gasteiger partial charge < -0.3 is 4.74 Å². The molecule has 1 aliphatic heterocycles. The Balaban J connectivity index is 1.87. The Morgan fingerprint density at radius 2 is 1.71 bits per heavy atom. The lowest BCUT2D eigenvalue weighted by atomic mass is 10.1. The fraction of sp³-hybridized carbons (Fsp3) is 0.0714. The molecule has 3 aromatic carbocycles. The van der Waals surface area contributed by atoms with E-state index in [1.165, 1.54) is 35.5 Å². The Morgan fingerprint density at radius 1 is 1.04 bits per heavy atom. The zero-order chi connectivity index (χ0) is 32.4. The quantitative estimate of drug-likeness (QED) is 0.0942. The number of nitro benzene ring substituents is 1. The molecule has 228 valence electrons. The minimum Gasteiger partial charge on any atom is -0.464 e. The molecule has 0 saturated heterocycles. The number of rotatable bonds is 8. The molecule has 0 N–H and O–H groups in total. The van der Waals surface area contributed by atoms with E-state index in [0.717, 1.165) is 53.5 Å². The van der Waals surface area contributed by atoms with E-state index in [4.69, 9.17) is 16.3 Å². The van der Waals surface area contributed by atoms with Gasteiger partial charge in [0.15, 0.2) is 5.03 Å². The second-order valence-electron chi connectivity index (χ2n) is 8.93. The van der Waals surface area contributed by atoms with Crippen LogP contribution >= 0.6 is 35.1 Å². The van der Waals surface area contributed by atoms with Crippen LogP contribution in [0.3, 0.4) is 0 Å². The molecule has 5 rings (SSSR count). The molecule has 0 atom stereocenters. The molecule has 4 aromatic rings. The number of hydrogen-bond donors (Lipinski definition) is 0. The van der Waals surface area contributed by atoms with E-state index in [1.807, 2.05) is 0 Å². The van der Waals surface area contributed by atoms with Crippen molar-refractivity contribution in [3.05, 3.63) is 136 Å². The predicted molar refractivity (Wildman–Crippen MR) is 168 cm³/mol. The van der Waals surface area contributed by atoms with Crippen molar-refractivity contribution in [1.82, 2.24) is 9.78 Å². The summed E-state index contributed by atoms with van der Waals surface area (Å²) in [6.45, 7) is 0. The van der Waals surface area contributed by atoms with Gasteiger partial charge in [-0.15, -0.1) is 11.8 Å². The molecular formula is C28H18ClFN6O7S2. The van der Waals surface area contributed by atoms with Crippen LogP contribution in [-0.4, -0.2) is 44.0 Å². The monoisotopic (exact) mass is 668 g/mol.